The maximum absolute atomic E-state index is 10.3. The summed E-state index contributed by atoms with van der Waals surface area (Å²) in [4.78, 5) is 0. The first-order chi connectivity index (χ1) is 14.8. The van der Waals surface area contributed by atoms with Gasteiger partial charge in [-0.15, -0.1) is 0 Å². The molecule has 0 spiro atoms. The van der Waals surface area contributed by atoms with E-state index in [1.54, 1.807) is 6.07 Å². The molecule has 0 amide bonds. The van der Waals surface area contributed by atoms with E-state index in [1.165, 1.54) is 27.6 Å². The van der Waals surface area contributed by atoms with Gasteiger partial charge in [-0.2, -0.15) is 17.7 Å². The third kappa shape index (κ3) is 3.76. The molecule has 1 atom stereocenters. The number of thiol groups is 1. The molecule has 1 unspecified atom stereocenters. The minimum Gasteiger partial charge on any atom is -0.508 e. The van der Waals surface area contributed by atoms with Crippen molar-refractivity contribution in [2.24, 2.45) is 5.10 Å². The molecule has 4 rings (SSSR count). The fraction of sp³-hybridized carbons (Fsp3) is 0.346. The Kier molecular flexibility index (Phi) is 5.89. The van der Waals surface area contributed by atoms with Crippen molar-refractivity contribution in [3.63, 3.8) is 0 Å². The third-order valence-electron chi connectivity index (χ3n) is 6.44. The molecular formula is C26H31N3OS. The standard InChI is InChI=1S/C26H31N3OS/c1-6-18-17(5)19(8-10-24(18)30)26-22(25(31)14-27-28-26)13-21-16(4)7-9-23-20(21)11-12-29(23)15(2)3/h7-12,14-15,25,28,30-31H,6,13H2,1-5H3. The van der Waals surface area contributed by atoms with E-state index < -0.39 is 0 Å². The Hall–Kier alpha value is -2.66. The first-order valence-electron chi connectivity index (χ1n) is 10.9. The van der Waals surface area contributed by atoms with Crippen molar-refractivity contribution in [2.75, 3.05) is 0 Å². The Morgan fingerprint density at radius 2 is 1.90 bits per heavy atom. The van der Waals surface area contributed by atoms with Crippen LogP contribution in [0.3, 0.4) is 0 Å². The van der Waals surface area contributed by atoms with Crippen LogP contribution in [0.2, 0.25) is 0 Å². The molecule has 0 saturated heterocycles. The Morgan fingerprint density at radius 1 is 1.13 bits per heavy atom. The molecule has 2 heterocycles. The van der Waals surface area contributed by atoms with E-state index in [4.69, 9.17) is 12.6 Å². The maximum Gasteiger partial charge on any atom is 0.119 e. The zero-order chi connectivity index (χ0) is 22.3. The van der Waals surface area contributed by atoms with Gasteiger partial charge in [-0.3, -0.25) is 5.43 Å². The highest BCUT2D eigenvalue weighted by molar-refractivity contribution is 7.82. The molecule has 1 aliphatic rings. The lowest BCUT2D eigenvalue weighted by Crippen LogP contribution is -2.23. The Morgan fingerprint density at radius 3 is 2.61 bits per heavy atom. The second-order valence-electron chi connectivity index (χ2n) is 8.61. The van der Waals surface area contributed by atoms with Crippen molar-refractivity contribution >= 4 is 35.4 Å². The van der Waals surface area contributed by atoms with Gasteiger partial charge in [0.05, 0.1) is 10.9 Å². The van der Waals surface area contributed by atoms with Crippen molar-refractivity contribution in [3.8, 4) is 5.75 Å². The molecule has 0 radical (unpaired) electrons. The molecule has 2 aromatic carbocycles. The predicted molar refractivity (Wildman–Crippen MR) is 134 cm³/mol. The Balaban J connectivity index is 1.88. The van der Waals surface area contributed by atoms with Crippen LogP contribution in [0.15, 0.2) is 47.2 Å². The minimum atomic E-state index is -0.0728. The monoisotopic (exact) mass is 433 g/mol. The molecular weight excluding hydrogens is 402 g/mol. The van der Waals surface area contributed by atoms with Crippen molar-refractivity contribution in [2.45, 2.75) is 58.8 Å². The van der Waals surface area contributed by atoms with Crippen LogP contribution in [-0.2, 0) is 12.8 Å². The van der Waals surface area contributed by atoms with E-state index in [9.17, 15) is 5.11 Å². The van der Waals surface area contributed by atoms with E-state index in [0.29, 0.717) is 11.8 Å². The lowest BCUT2D eigenvalue weighted by molar-refractivity contribution is 0.468. The highest BCUT2D eigenvalue weighted by atomic mass is 32.1. The number of aryl methyl sites for hydroxylation is 1. The predicted octanol–water partition coefficient (Wildman–Crippen LogP) is 5.95. The molecule has 1 aliphatic heterocycles. The molecule has 162 valence electrons. The van der Waals surface area contributed by atoms with Crippen LogP contribution in [0.5, 0.6) is 5.75 Å². The normalized spacial score (nSPS) is 16.4. The van der Waals surface area contributed by atoms with Crippen LogP contribution in [-0.4, -0.2) is 21.1 Å². The largest absolute Gasteiger partial charge is 0.508 e. The zero-order valence-electron chi connectivity index (χ0n) is 18.9. The second-order valence-corrected chi connectivity index (χ2v) is 9.17. The van der Waals surface area contributed by atoms with E-state index in [2.05, 4.69) is 74.1 Å². The van der Waals surface area contributed by atoms with Crippen LogP contribution < -0.4 is 5.43 Å². The SMILES string of the molecule is CCc1c(O)ccc(C2=C(Cc3c(C)ccc4c3ccn4C(C)C)C(S)C=NN2)c1C. The van der Waals surface area contributed by atoms with E-state index in [-0.39, 0.29) is 5.25 Å². The number of hydrazone groups is 1. The van der Waals surface area contributed by atoms with Crippen LogP contribution in [0.1, 0.15) is 54.6 Å². The van der Waals surface area contributed by atoms with Gasteiger partial charge in [0.1, 0.15) is 5.75 Å². The van der Waals surface area contributed by atoms with Gasteiger partial charge >= 0.3 is 0 Å². The van der Waals surface area contributed by atoms with Gasteiger partial charge < -0.3 is 9.67 Å². The first-order valence-corrected chi connectivity index (χ1v) is 11.5. The smallest absolute Gasteiger partial charge is 0.119 e. The topological polar surface area (TPSA) is 49.5 Å². The number of fused-ring (bicyclic) bond motifs is 1. The second kappa shape index (κ2) is 8.46. The molecule has 5 heteroatoms. The van der Waals surface area contributed by atoms with Crippen molar-refractivity contribution in [1.29, 1.82) is 0 Å². The number of hydrogen-bond donors (Lipinski definition) is 3. The van der Waals surface area contributed by atoms with Crippen LogP contribution in [0.4, 0.5) is 0 Å². The van der Waals surface area contributed by atoms with Gasteiger partial charge in [0.2, 0.25) is 0 Å². The van der Waals surface area contributed by atoms with Crippen LogP contribution in [0, 0.1) is 13.8 Å². The first kappa shape index (κ1) is 21.6. The summed E-state index contributed by atoms with van der Waals surface area (Å²) in [6.07, 6.45) is 5.61. The van der Waals surface area contributed by atoms with Crippen molar-refractivity contribution in [3.05, 3.63) is 69.9 Å². The average Bonchev–Trinajstić information content (AvgIpc) is 3.16. The van der Waals surface area contributed by atoms with Crippen LogP contribution >= 0.6 is 12.6 Å². The minimum absolute atomic E-state index is 0.0728. The summed E-state index contributed by atoms with van der Waals surface area (Å²) in [5.74, 6) is 0.350. The van der Waals surface area contributed by atoms with Crippen LogP contribution in [0.25, 0.3) is 16.6 Å². The van der Waals surface area contributed by atoms with Crippen molar-refractivity contribution < 1.29 is 5.11 Å². The number of phenols is 1. The molecule has 1 aromatic heterocycles. The van der Waals surface area contributed by atoms with Gasteiger partial charge in [0.25, 0.3) is 0 Å². The number of aromatic nitrogens is 1. The number of nitrogens with one attached hydrogen (secondary N) is 1. The van der Waals surface area contributed by atoms with E-state index in [1.807, 2.05) is 12.3 Å². The molecule has 0 fully saturated rings. The number of rotatable bonds is 5. The summed E-state index contributed by atoms with van der Waals surface area (Å²) in [6, 6.07) is 10.9. The summed E-state index contributed by atoms with van der Waals surface area (Å²) >= 11 is 4.86. The van der Waals surface area contributed by atoms with Gasteiger partial charge in [0, 0.05) is 34.9 Å². The Labute approximate surface area is 190 Å². The lowest BCUT2D eigenvalue weighted by atomic mass is 9.89. The Bertz CT molecular complexity index is 1200. The molecule has 3 aromatic rings. The number of nitrogens with zero attached hydrogens (tertiary/aromatic N) is 2. The number of hydrogen-bond acceptors (Lipinski definition) is 4. The van der Waals surface area contributed by atoms with E-state index in [0.717, 1.165) is 35.2 Å². The summed E-state index contributed by atoms with van der Waals surface area (Å²) in [5, 5.41) is 15.9. The third-order valence-corrected chi connectivity index (χ3v) is 6.88. The summed E-state index contributed by atoms with van der Waals surface area (Å²) in [7, 11) is 0. The van der Waals surface area contributed by atoms with Gasteiger partial charge in [-0.1, -0.05) is 13.0 Å². The fourth-order valence-electron chi connectivity index (χ4n) is 4.65. The average molecular weight is 434 g/mol. The lowest BCUT2D eigenvalue weighted by Gasteiger charge is -2.25. The summed E-state index contributed by atoms with van der Waals surface area (Å²) in [5.41, 5.74) is 12.4. The summed E-state index contributed by atoms with van der Waals surface area (Å²) < 4.78 is 2.32. The van der Waals surface area contributed by atoms with Gasteiger partial charge in [-0.25, -0.2) is 0 Å². The number of aromatic hydroxyl groups is 1. The van der Waals surface area contributed by atoms with E-state index >= 15 is 0 Å². The highest BCUT2D eigenvalue weighted by Crippen LogP contribution is 2.35. The molecule has 0 saturated carbocycles. The molecule has 0 bridgehead atoms. The molecule has 0 aliphatic carbocycles. The maximum atomic E-state index is 10.3. The molecule has 4 nitrogen and oxygen atoms in total. The van der Waals surface area contributed by atoms with Gasteiger partial charge in [-0.05, 0) is 92.6 Å². The molecule has 31 heavy (non-hydrogen) atoms. The molecule has 2 N–H and O–H groups in total. The fourth-order valence-corrected chi connectivity index (χ4v) is 4.94. The number of phenolic OH excluding ortho intramolecular Hbond substituents is 1. The number of benzene rings is 2. The zero-order valence-corrected chi connectivity index (χ0v) is 19.8. The quantitative estimate of drug-likeness (QED) is 0.436. The highest BCUT2D eigenvalue weighted by Gasteiger charge is 2.23. The van der Waals surface area contributed by atoms with Gasteiger partial charge in [0.15, 0.2) is 0 Å². The summed E-state index contributed by atoms with van der Waals surface area (Å²) in [6.45, 7) is 10.7. The van der Waals surface area contributed by atoms with Crippen molar-refractivity contribution in [1.82, 2.24) is 9.99 Å².